The molecule has 0 saturated heterocycles. The van der Waals surface area contributed by atoms with Gasteiger partial charge in [0, 0.05) is 21.9 Å². The van der Waals surface area contributed by atoms with Crippen LogP contribution in [0.3, 0.4) is 0 Å². The van der Waals surface area contributed by atoms with Crippen molar-refractivity contribution in [1.82, 2.24) is 20.6 Å². The quantitative estimate of drug-likeness (QED) is 0.0294. The van der Waals surface area contributed by atoms with Gasteiger partial charge in [-0.05, 0) is 53.8 Å². The zero-order valence-electron chi connectivity index (χ0n) is 40.2. The maximum Gasteiger partial charge on any atom is 0.232 e. The molecular formula is C50H76ClN7O6S3. The molecule has 1 heterocycles. The first-order valence-electron chi connectivity index (χ1n) is 24.0. The molecule has 0 aliphatic heterocycles. The normalized spacial score (nSPS) is 11.1. The van der Waals surface area contributed by atoms with Gasteiger partial charge in [-0.1, -0.05) is 191 Å². The summed E-state index contributed by atoms with van der Waals surface area (Å²) in [6.07, 6.45) is 23.4. The van der Waals surface area contributed by atoms with E-state index in [1.165, 1.54) is 77.0 Å². The highest BCUT2D eigenvalue weighted by atomic mass is 35.7. The number of aromatic amines is 1. The Morgan fingerprint density at radius 1 is 0.522 bits per heavy atom. The van der Waals surface area contributed by atoms with Gasteiger partial charge in [0.2, 0.25) is 14.9 Å². The summed E-state index contributed by atoms with van der Waals surface area (Å²) in [5.41, 5.74) is 9.00. The molecule has 0 radical (unpaired) electrons. The monoisotopic (exact) mass is 1000 g/mol. The number of hydrogen-bond donors (Lipinski definition) is 2. The third kappa shape index (κ3) is 31.3. The van der Waals surface area contributed by atoms with Crippen molar-refractivity contribution in [3.63, 3.8) is 0 Å². The molecular weight excluding hydrogens is 926 g/mol. The van der Waals surface area contributed by atoms with E-state index in [-0.39, 0.29) is 28.8 Å². The molecule has 372 valence electrons. The van der Waals surface area contributed by atoms with Crippen LogP contribution in [0, 0.1) is 22.7 Å². The summed E-state index contributed by atoms with van der Waals surface area (Å²) in [6, 6.07) is 25.2. The fraction of sp³-hybridized carbons (Fsp3) is 0.580. The van der Waals surface area contributed by atoms with Crippen LogP contribution in [0.25, 0.3) is 11.4 Å². The van der Waals surface area contributed by atoms with Gasteiger partial charge in [-0.2, -0.15) is 15.7 Å². The Bertz CT molecular complexity index is 2330. The number of para-hydroxylation sites is 1. The number of benzene rings is 3. The lowest BCUT2D eigenvalue weighted by Gasteiger charge is -2.08. The molecule has 4 aromatic rings. The summed E-state index contributed by atoms with van der Waals surface area (Å²) in [6.45, 7) is 6.56. The molecule has 0 spiro atoms. The number of halogens is 1. The minimum atomic E-state index is -3.25. The van der Waals surface area contributed by atoms with E-state index in [2.05, 4.69) is 41.4 Å². The van der Waals surface area contributed by atoms with E-state index in [1.54, 1.807) is 48.5 Å². The largest absolute Gasteiger partial charge is 0.398 e. The second-order valence-electron chi connectivity index (χ2n) is 16.7. The Hall–Kier alpha value is -4.35. The highest BCUT2D eigenvalue weighted by molar-refractivity contribution is 8.13. The maximum absolute atomic E-state index is 12.4. The van der Waals surface area contributed by atoms with Crippen LogP contribution in [0.1, 0.15) is 178 Å². The number of aromatic nitrogens is 4. The first kappa shape index (κ1) is 60.7. The second-order valence-corrected chi connectivity index (χ2v) is 23.9. The van der Waals surface area contributed by atoms with Crippen molar-refractivity contribution in [1.29, 1.82) is 10.5 Å². The molecule has 67 heavy (non-hydrogen) atoms. The molecule has 13 nitrogen and oxygen atoms in total. The highest BCUT2D eigenvalue weighted by Crippen LogP contribution is 2.22. The summed E-state index contributed by atoms with van der Waals surface area (Å²) in [7, 11) is -4.43. The Morgan fingerprint density at radius 3 is 1.33 bits per heavy atom. The first-order valence-corrected chi connectivity index (χ1v) is 30.1. The van der Waals surface area contributed by atoms with Crippen molar-refractivity contribution in [3.05, 3.63) is 95.1 Å². The first-order chi connectivity index (χ1) is 32.1. The van der Waals surface area contributed by atoms with Crippen molar-refractivity contribution in [2.75, 3.05) is 23.0 Å². The number of anilines is 1. The summed E-state index contributed by atoms with van der Waals surface area (Å²) in [5, 5.41) is 31.2. The lowest BCUT2D eigenvalue weighted by Crippen LogP contribution is -2.10. The number of rotatable bonds is 29. The van der Waals surface area contributed by atoms with E-state index in [1.807, 2.05) is 36.4 Å². The minimum Gasteiger partial charge on any atom is -0.398 e. The predicted molar refractivity (Wildman–Crippen MR) is 275 cm³/mol. The molecule has 0 fully saturated rings. The number of nitrogens with one attached hydrogen (secondary N) is 1. The maximum atomic E-state index is 12.4. The number of H-pyrrole nitrogens is 1. The summed E-state index contributed by atoms with van der Waals surface area (Å²) < 4.78 is 70.0. The van der Waals surface area contributed by atoms with Crippen molar-refractivity contribution in [3.8, 4) is 23.5 Å². The average molecular weight is 1000 g/mol. The molecule has 3 aromatic carbocycles. The van der Waals surface area contributed by atoms with Crippen molar-refractivity contribution in [2.24, 2.45) is 0 Å². The molecule has 0 aliphatic carbocycles. The topological polar surface area (TPSA) is 230 Å². The van der Waals surface area contributed by atoms with Gasteiger partial charge in [0.1, 0.15) is 6.07 Å². The number of nitrogen functional groups attached to an aromatic ring is 1. The van der Waals surface area contributed by atoms with Gasteiger partial charge in [-0.3, -0.25) is 0 Å². The fourth-order valence-corrected chi connectivity index (χ4v) is 10.8. The molecule has 0 saturated carbocycles. The Morgan fingerprint density at radius 2 is 0.910 bits per heavy atom. The minimum absolute atomic E-state index is 0.0213. The van der Waals surface area contributed by atoms with E-state index in [0.29, 0.717) is 34.6 Å². The number of unbranched alkanes of at least 4 members (excludes halogenated alkanes) is 18. The average Bonchev–Trinajstić information content (AvgIpc) is 3.84. The van der Waals surface area contributed by atoms with Crippen LogP contribution in [0.5, 0.6) is 0 Å². The molecule has 3 N–H and O–H groups in total. The molecule has 1 aromatic heterocycles. The van der Waals surface area contributed by atoms with Crippen molar-refractivity contribution < 1.29 is 25.3 Å². The molecule has 17 heteroatoms. The standard InChI is InChI=1S/C17H26N4O2S.C17H25NO2S.C9H19ClO2S.C7H6N2/c1-2-3-4-5-6-7-10-13-24(22,23)14-15-11-8-9-12-16(15)17-18-20-21-19-17;1-2-3-4-5-6-7-10-13-21(19,20)15-17-12-9-8-11-16(17)14-18;1-2-3-4-5-6-7-8-9-13(10,11)12;8-5-6-3-1-2-4-7(6)9/h8-9,11-12H,2-7,10,13-14H2,1H3,(H,18,19,20,21);8-9,11-12H,2-7,10,13,15H2,1H3;2-9H2,1H3;1-4H,9H2. The van der Waals surface area contributed by atoms with Gasteiger partial charge in [-0.25, -0.2) is 25.3 Å². The fourth-order valence-electron chi connectivity index (χ4n) is 6.90. The summed E-state index contributed by atoms with van der Waals surface area (Å²) >= 11 is 0. The van der Waals surface area contributed by atoms with Crippen LogP contribution >= 0.6 is 10.7 Å². The van der Waals surface area contributed by atoms with Gasteiger partial charge in [-0.15, -0.1) is 10.2 Å². The summed E-state index contributed by atoms with van der Waals surface area (Å²) in [4.78, 5) is 0. The van der Waals surface area contributed by atoms with Crippen LogP contribution < -0.4 is 5.73 Å². The molecule has 0 atom stereocenters. The molecule has 0 bridgehead atoms. The van der Waals surface area contributed by atoms with E-state index in [4.69, 9.17) is 26.9 Å². The van der Waals surface area contributed by atoms with Gasteiger partial charge in [0.15, 0.2) is 19.7 Å². The third-order valence-electron chi connectivity index (χ3n) is 10.7. The van der Waals surface area contributed by atoms with Gasteiger partial charge in [0.05, 0.1) is 46.0 Å². The van der Waals surface area contributed by atoms with E-state index in [0.717, 1.165) is 62.5 Å². The highest BCUT2D eigenvalue weighted by Gasteiger charge is 2.17. The number of tetrazole rings is 1. The zero-order chi connectivity index (χ0) is 49.7. The lowest BCUT2D eigenvalue weighted by molar-refractivity contribution is 0.577. The SMILES string of the molecule is CCCCCCCCCS(=O)(=O)Cc1ccccc1-c1nn[nH]n1.CCCCCCCCCS(=O)(=O)Cc1ccccc1C#N.CCCCCCCCCS(=O)(=O)Cl.N#Cc1ccccc1N. The number of sulfone groups is 2. The predicted octanol–water partition coefficient (Wildman–Crippen LogP) is 12.2. The van der Waals surface area contributed by atoms with Gasteiger partial charge in [0.25, 0.3) is 0 Å². The van der Waals surface area contributed by atoms with Crippen molar-refractivity contribution in [2.45, 2.75) is 167 Å². The van der Waals surface area contributed by atoms with Gasteiger partial charge >= 0.3 is 0 Å². The van der Waals surface area contributed by atoms with E-state index < -0.39 is 28.7 Å². The van der Waals surface area contributed by atoms with Crippen LogP contribution in [-0.4, -0.2) is 63.1 Å². The number of nitrogens with zero attached hydrogens (tertiary/aromatic N) is 5. The number of nitrogens with two attached hydrogens (primary N) is 1. The van der Waals surface area contributed by atoms with Crippen LogP contribution in [0.2, 0.25) is 0 Å². The van der Waals surface area contributed by atoms with E-state index >= 15 is 0 Å². The Balaban J connectivity index is 0.000000474. The molecule has 0 amide bonds. The Labute approximate surface area is 408 Å². The van der Waals surface area contributed by atoms with E-state index in [9.17, 15) is 25.3 Å². The molecule has 0 unspecified atom stereocenters. The second kappa shape index (κ2) is 36.7. The number of hydrogen-bond acceptors (Lipinski definition) is 12. The zero-order valence-corrected chi connectivity index (χ0v) is 43.4. The van der Waals surface area contributed by atoms with Crippen LogP contribution in [-0.2, 0) is 40.2 Å². The van der Waals surface area contributed by atoms with Crippen LogP contribution in [0.4, 0.5) is 5.69 Å². The number of nitriles is 2. The summed E-state index contributed by atoms with van der Waals surface area (Å²) in [5.74, 6) is 1.02. The van der Waals surface area contributed by atoms with Crippen molar-refractivity contribution >= 4 is 45.1 Å². The smallest absolute Gasteiger partial charge is 0.232 e. The third-order valence-corrected chi connectivity index (χ3v) is 15.2. The lowest BCUT2D eigenvalue weighted by atomic mass is 10.1. The van der Waals surface area contributed by atoms with Gasteiger partial charge < -0.3 is 5.73 Å². The molecule has 4 rings (SSSR count). The Kier molecular flexibility index (Phi) is 33.2. The molecule has 0 aliphatic rings. The van der Waals surface area contributed by atoms with Crippen LogP contribution in [0.15, 0.2) is 72.8 Å².